The van der Waals surface area contributed by atoms with Crippen LogP contribution in [0.25, 0.3) is 10.9 Å². The fourth-order valence-electron chi connectivity index (χ4n) is 6.60. The molecule has 3 aromatic heterocycles. The molecule has 3 atom stereocenters. The second-order valence-corrected chi connectivity index (χ2v) is 11.3. The fraction of sp³-hybridized carbons (Fsp3) is 0.355. The summed E-state index contributed by atoms with van der Waals surface area (Å²) in [5.41, 5.74) is 6.28. The molecule has 0 radical (unpaired) electrons. The molecule has 0 spiro atoms. The molecule has 11 nitrogen and oxygen atoms in total. The van der Waals surface area contributed by atoms with E-state index in [1.807, 2.05) is 10.6 Å². The average Bonchev–Trinajstić information content (AvgIpc) is 2.96. The van der Waals surface area contributed by atoms with Gasteiger partial charge in [0.1, 0.15) is 11.5 Å². The number of nitrogens with zero attached hydrogens (tertiary/aromatic N) is 3. The zero-order valence-corrected chi connectivity index (χ0v) is 23.4. The number of hydrogen-bond acceptors (Lipinski definition) is 8. The van der Waals surface area contributed by atoms with Crippen molar-refractivity contribution >= 4 is 16.8 Å². The van der Waals surface area contributed by atoms with Crippen LogP contribution in [-0.4, -0.2) is 45.2 Å². The van der Waals surface area contributed by atoms with Gasteiger partial charge in [-0.1, -0.05) is 6.07 Å². The van der Waals surface area contributed by atoms with Crippen LogP contribution in [0.5, 0.6) is 11.5 Å². The number of methoxy groups -OCH3 is 1. The maximum absolute atomic E-state index is 13.5. The summed E-state index contributed by atoms with van der Waals surface area (Å²) in [6.45, 7) is 2.28. The summed E-state index contributed by atoms with van der Waals surface area (Å²) in [5.74, 6) is -1.33. The molecule has 42 heavy (non-hydrogen) atoms. The first-order valence-electron chi connectivity index (χ1n) is 13.9. The van der Waals surface area contributed by atoms with E-state index in [1.165, 1.54) is 17.7 Å². The van der Waals surface area contributed by atoms with Crippen LogP contribution in [-0.2, 0) is 24.9 Å². The van der Waals surface area contributed by atoms with E-state index in [0.29, 0.717) is 42.0 Å². The van der Waals surface area contributed by atoms with Crippen LogP contribution < -0.4 is 27.0 Å². The summed E-state index contributed by atoms with van der Waals surface area (Å²) < 4.78 is 14.7. The molecule has 2 bridgehead atoms. The zero-order chi connectivity index (χ0) is 29.7. The monoisotopic (exact) mass is 572 g/mol. The Labute approximate surface area is 240 Å². The van der Waals surface area contributed by atoms with Crippen molar-refractivity contribution in [3.63, 3.8) is 0 Å². The van der Waals surface area contributed by atoms with Gasteiger partial charge in [-0.3, -0.25) is 24.1 Å². The molecule has 3 N–H and O–H groups in total. The Kier molecular flexibility index (Phi) is 6.97. The predicted octanol–water partition coefficient (Wildman–Crippen LogP) is 1.99. The van der Waals surface area contributed by atoms with E-state index >= 15 is 0 Å². The zero-order valence-electron chi connectivity index (χ0n) is 23.4. The normalized spacial score (nSPS) is 18.9. The van der Waals surface area contributed by atoms with E-state index < -0.39 is 28.6 Å². The second kappa shape index (κ2) is 10.6. The molecule has 6 rings (SSSR count). The quantitative estimate of drug-likeness (QED) is 0.341. The van der Waals surface area contributed by atoms with Gasteiger partial charge < -0.3 is 29.1 Å². The van der Waals surface area contributed by atoms with Crippen molar-refractivity contribution in [3.05, 3.63) is 102 Å². The topological polar surface area (TPSA) is 150 Å². The molecule has 4 aromatic rings. The third kappa shape index (κ3) is 4.89. The summed E-state index contributed by atoms with van der Waals surface area (Å²) in [6.07, 6.45) is 0.624. The number of aromatic hydroxyl groups is 1. The van der Waals surface area contributed by atoms with Gasteiger partial charge in [-0.05, 0) is 42.0 Å². The molecule has 1 saturated heterocycles. The van der Waals surface area contributed by atoms with E-state index in [2.05, 4.69) is 4.90 Å². The van der Waals surface area contributed by atoms with Gasteiger partial charge in [0, 0.05) is 68.5 Å². The van der Waals surface area contributed by atoms with Crippen molar-refractivity contribution < 1.29 is 19.1 Å². The number of rotatable bonds is 7. The van der Waals surface area contributed by atoms with Crippen molar-refractivity contribution in [3.8, 4) is 11.5 Å². The smallest absolute Gasteiger partial charge is 0.254 e. The summed E-state index contributed by atoms with van der Waals surface area (Å²) in [4.78, 5) is 53.3. The summed E-state index contributed by atoms with van der Waals surface area (Å²) in [7, 11) is 3.13. The van der Waals surface area contributed by atoms with Crippen LogP contribution in [0.1, 0.15) is 47.5 Å². The van der Waals surface area contributed by atoms with Crippen molar-refractivity contribution in [2.24, 2.45) is 18.7 Å². The Hall–Kier alpha value is -4.64. The van der Waals surface area contributed by atoms with Crippen LogP contribution in [0, 0.1) is 5.92 Å². The number of primary amides is 1. The maximum Gasteiger partial charge on any atom is 0.254 e. The van der Waals surface area contributed by atoms with Gasteiger partial charge in [-0.2, -0.15) is 0 Å². The maximum atomic E-state index is 13.5. The van der Waals surface area contributed by atoms with Crippen LogP contribution in [0.3, 0.4) is 0 Å². The van der Waals surface area contributed by atoms with Gasteiger partial charge in [0.25, 0.3) is 11.1 Å². The third-order valence-corrected chi connectivity index (χ3v) is 8.49. The van der Waals surface area contributed by atoms with Gasteiger partial charge in [0.2, 0.25) is 17.1 Å². The molecule has 2 aliphatic heterocycles. The first kappa shape index (κ1) is 27.5. The van der Waals surface area contributed by atoms with E-state index in [-0.39, 0.29) is 41.7 Å². The lowest BCUT2D eigenvalue weighted by Gasteiger charge is -2.42. The number of likely N-dealkylation sites (tertiary alicyclic amines) is 1. The minimum atomic E-state index is -1.08. The first-order valence-corrected chi connectivity index (χ1v) is 13.9. The Morgan fingerprint density at radius 1 is 1.12 bits per heavy atom. The number of nitrogens with two attached hydrogens (primary N) is 1. The van der Waals surface area contributed by atoms with Gasteiger partial charge >= 0.3 is 0 Å². The number of benzene rings is 1. The highest BCUT2D eigenvalue weighted by Gasteiger charge is 2.35. The molecule has 1 aromatic carbocycles. The SMILES string of the molecule is COc1ccc2cc([C@H](CC(N)=O)c3oc(CN4C[C@H]5C[C@@H](C4)c4cccc(=O)n4C5)cc(=O)c3O)c(=O)n(C)c2c1. The van der Waals surface area contributed by atoms with Crippen LogP contribution >= 0.6 is 0 Å². The summed E-state index contributed by atoms with van der Waals surface area (Å²) in [6, 6.07) is 13.5. The number of piperidine rings is 1. The number of carbonyl (C=O) groups is 1. The van der Waals surface area contributed by atoms with Gasteiger partial charge in [0.15, 0.2) is 5.76 Å². The molecule has 218 valence electrons. The Balaban J connectivity index is 1.37. The molecule has 1 amide bonds. The third-order valence-electron chi connectivity index (χ3n) is 8.49. The van der Waals surface area contributed by atoms with E-state index in [0.717, 1.165) is 12.1 Å². The number of amides is 1. The molecule has 2 aliphatic rings. The number of aryl methyl sites for hydroxylation is 1. The minimum absolute atomic E-state index is 0.00397. The first-order chi connectivity index (χ1) is 20.1. The number of pyridine rings is 2. The predicted molar refractivity (Wildman–Crippen MR) is 155 cm³/mol. The average molecular weight is 573 g/mol. The van der Waals surface area contributed by atoms with E-state index in [1.54, 1.807) is 43.4 Å². The highest BCUT2D eigenvalue weighted by molar-refractivity contribution is 5.82. The Bertz CT molecular complexity index is 1890. The molecule has 0 aliphatic carbocycles. The highest BCUT2D eigenvalue weighted by Crippen LogP contribution is 2.37. The molecule has 0 unspecified atom stereocenters. The van der Waals surface area contributed by atoms with Crippen LogP contribution in [0.2, 0.25) is 0 Å². The van der Waals surface area contributed by atoms with Crippen LogP contribution in [0.15, 0.2) is 67.3 Å². The van der Waals surface area contributed by atoms with Gasteiger partial charge in [0.05, 0.1) is 25.1 Å². The second-order valence-electron chi connectivity index (χ2n) is 11.3. The van der Waals surface area contributed by atoms with Gasteiger partial charge in [-0.15, -0.1) is 0 Å². The minimum Gasteiger partial charge on any atom is -0.502 e. The number of fused-ring (bicyclic) bond motifs is 5. The number of carbonyl (C=O) groups excluding carboxylic acids is 1. The van der Waals surface area contributed by atoms with Crippen molar-refractivity contribution in [2.75, 3.05) is 20.2 Å². The standard InChI is InChI=1S/C31H32N4O7/c1-33-25-10-20(41-2)7-6-18(25)9-23(31(33)40)22(12-27(32)37)30-29(39)26(36)11-21(42-30)16-34-13-17-8-19(15-34)24-4-3-5-28(38)35(24)14-17/h3-7,9-11,17,19,22,39H,8,12-16H2,1-2H3,(H2,32,37)/t17-,19+,22+/m1/s1. The van der Waals surface area contributed by atoms with Crippen LogP contribution in [0.4, 0.5) is 0 Å². The number of aromatic nitrogens is 2. The fourth-order valence-corrected chi connectivity index (χ4v) is 6.60. The van der Waals surface area contributed by atoms with Crippen molar-refractivity contribution in [1.82, 2.24) is 14.0 Å². The number of hydrogen-bond donors (Lipinski definition) is 2. The Morgan fingerprint density at radius 2 is 1.93 bits per heavy atom. The molecule has 0 saturated carbocycles. The molecule has 5 heterocycles. The van der Waals surface area contributed by atoms with E-state index in [4.69, 9.17) is 14.9 Å². The van der Waals surface area contributed by atoms with Crippen molar-refractivity contribution in [2.45, 2.75) is 37.8 Å². The molecular formula is C31H32N4O7. The largest absolute Gasteiger partial charge is 0.502 e. The summed E-state index contributed by atoms with van der Waals surface area (Å²) >= 11 is 0. The molecule has 11 heteroatoms. The lowest BCUT2D eigenvalue weighted by Crippen LogP contribution is -2.46. The highest BCUT2D eigenvalue weighted by atomic mass is 16.5. The number of ether oxygens (including phenoxy) is 1. The lowest BCUT2D eigenvalue weighted by molar-refractivity contribution is -0.118. The molecular weight excluding hydrogens is 540 g/mol. The Morgan fingerprint density at radius 3 is 2.69 bits per heavy atom. The lowest BCUT2D eigenvalue weighted by atomic mass is 9.83. The van der Waals surface area contributed by atoms with Gasteiger partial charge in [-0.25, -0.2) is 0 Å². The molecule has 1 fully saturated rings. The van der Waals surface area contributed by atoms with Crippen molar-refractivity contribution in [1.29, 1.82) is 0 Å². The summed E-state index contributed by atoms with van der Waals surface area (Å²) in [5, 5.41) is 11.5. The van der Waals surface area contributed by atoms with E-state index in [9.17, 15) is 24.3 Å².